The summed E-state index contributed by atoms with van der Waals surface area (Å²) in [4.78, 5) is 20.3. The maximum Gasteiger partial charge on any atom is 0.240 e. The van der Waals surface area contributed by atoms with Crippen molar-refractivity contribution in [2.24, 2.45) is 4.99 Å². The molecular weight excluding hydrogens is 202 g/mol. The minimum atomic E-state index is 0.547. The Labute approximate surface area is 95.0 Å². The minimum absolute atomic E-state index is 0.547. The molecule has 4 nitrogen and oxygen atoms in total. The second kappa shape index (κ2) is 5.01. The van der Waals surface area contributed by atoms with Gasteiger partial charge in [0.05, 0.1) is 11.9 Å². The molecule has 2 rings (SSSR count). The zero-order valence-corrected chi connectivity index (χ0v) is 9.39. The standard InChI is InChI=1S/C12H15N3O/c1-15-6-4-10(5-7-15)12-3-2-11(8-13-12)14-9-16/h2-3,8,10H,4-7H2,1H3. The van der Waals surface area contributed by atoms with Gasteiger partial charge in [-0.1, -0.05) is 0 Å². The molecular formula is C12H15N3O. The molecule has 84 valence electrons. The normalized spacial score (nSPS) is 18.1. The number of nitrogens with zero attached hydrogens (tertiary/aromatic N) is 3. The lowest BCUT2D eigenvalue weighted by Gasteiger charge is -2.28. The highest BCUT2D eigenvalue weighted by molar-refractivity contribution is 5.47. The summed E-state index contributed by atoms with van der Waals surface area (Å²) < 4.78 is 0. The Balaban J connectivity index is 2.07. The number of rotatable bonds is 2. The first-order valence-corrected chi connectivity index (χ1v) is 5.52. The fraction of sp³-hybridized carbons (Fsp3) is 0.500. The molecule has 0 spiro atoms. The largest absolute Gasteiger partial charge is 0.306 e. The zero-order valence-electron chi connectivity index (χ0n) is 9.39. The number of pyridine rings is 1. The van der Waals surface area contributed by atoms with Gasteiger partial charge in [0.2, 0.25) is 6.08 Å². The van der Waals surface area contributed by atoms with Crippen molar-refractivity contribution in [1.82, 2.24) is 9.88 Å². The van der Waals surface area contributed by atoms with E-state index in [0.29, 0.717) is 11.6 Å². The summed E-state index contributed by atoms with van der Waals surface area (Å²) >= 11 is 0. The van der Waals surface area contributed by atoms with E-state index in [1.54, 1.807) is 6.20 Å². The van der Waals surface area contributed by atoms with Crippen molar-refractivity contribution in [3.8, 4) is 0 Å². The van der Waals surface area contributed by atoms with Gasteiger partial charge >= 0.3 is 0 Å². The molecule has 2 heterocycles. The first kappa shape index (κ1) is 11.0. The van der Waals surface area contributed by atoms with Crippen LogP contribution >= 0.6 is 0 Å². The van der Waals surface area contributed by atoms with Gasteiger partial charge in [-0.05, 0) is 45.1 Å². The third kappa shape index (κ3) is 2.54. The zero-order chi connectivity index (χ0) is 11.4. The van der Waals surface area contributed by atoms with Crippen LogP contribution in [0.25, 0.3) is 0 Å². The molecule has 1 fully saturated rings. The molecule has 0 unspecified atom stereocenters. The number of aliphatic imine (C=N–C) groups is 1. The number of aromatic nitrogens is 1. The first-order chi connectivity index (χ1) is 7.79. The fourth-order valence-electron chi connectivity index (χ4n) is 2.06. The molecule has 16 heavy (non-hydrogen) atoms. The Bertz CT molecular complexity index is 387. The summed E-state index contributed by atoms with van der Waals surface area (Å²) in [6, 6.07) is 3.79. The lowest BCUT2D eigenvalue weighted by Crippen LogP contribution is -2.29. The van der Waals surface area contributed by atoms with Crippen LogP contribution < -0.4 is 0 Å². The number of hydrogen-bond acceptors (Lipinski definition) is 4. The Morgan fingerprint density at radius 1 is 1.44 bits per heavy atom. The van der Waals surface area contributed by atoms with Crippen LogP contribution in [0.1, 0.15) is 24.5 Å². The highest BCUT2D eigenvalue weighted by atomic mass is 16.1. The van der Waals surface area contributed by atoms with Gasteiger partial charge < -0.3 is 4.90 Å². The van der Waals surface area contributed by atoms with Crippen LogP contribution in [0.3, 0.4) is 0 Å². The molecule has 0 N–H and O–H groups in total. The van der Waals surface area contributed by atoms with Crippen molar-refractivity contribution < 1.29 is 4.79 Å². The number of likely N-dealkylation sites (tertiary alicyclic amines) is 1. The molecule has 0 amide bonds. The van der Waals surface area contributed by atoms with Gasteiger partial charge in [-0.25, -0.2) is 4.79 Å². The van der Waals surface area contributed by atoms with E-state index in [4.69, 9.17) is 0 Å². The average Bonchev–Trinajstić information content (AvgIpc) is 2.32. The fourth-order valence-corrected chi connectivity index (χ4v) is 2.06. The predicted octanol–water partition coefficient (Wildman–Crippen LogP) is 1.86. The third-order valence-electron chi connectivity index (χ3n) is 3.08. The Morgan fingerprint density at radius 2 is 2.19 bits per heavy atom. The van der Waals surface area contributed by atoms with Crippen molar-refractivity contribution in [3.63, 3.8) is 0 Å². The van der Waals surface area contributed by atoms with E-state index >= 15 is 0 Å². The molecule has 0 radical (unpaired) electrons. The van der Waals surface area contributed by atoms with E-state index in [9.17, 15) is 4.79 Å². The first-order valence-electron chi connectivity index (χ1n) is 5.52. The van der Waals surface area contributed by atoms with Crippen LogP contribution in [0.2, 0.25) is 0 Å². The summed E-state index contributed by atoms with van der Waals surface area (Å²) in [5, 5.41) is 0. The van der Waals surface area contributed by atoms with Crippen molar-refractivity contribution in [2.75, 3.05) is 20.1 Å². The number of carbonyl (C=O) groups excluding carboxylic acids is 1. The summed E-state index contributed by atoms with van der Waals surface area (Å²) in [5.74, 6) is 0.547. The number of piperidine rings is 1. The molecule has 1 aliphatic rings. The van der Waals surface area contributed by atoms with Gasteiger partial charge in [-0.2, -0.15) is 4.99 Å². The van der Waals surface area contributed by atoms with E-state index in [-0.39, 0.29) is 0 Å². The number of isocyanates is 1. The molecule has 1 aromatic rings. The van der Waals surface area contributed by atoms with E-state index in [2.05, 4.69) is 21.9 Å². The topological polar surface area (TPSA) is 45.6 Å². The van der Waals surface area contributed by atoms with Crippen LogP contribution in [-0.2, 0) is 4.79 Å². The summed E-state index contributed by atoms with van der Waals surface area (Å²) in [7, 11) is 2.14. The predicted molar refractivity (Wildman–Crippen MR) is 61.5 cm³/mol. The lowest BCUT2D eigenvalue weighted by molar-refractivity contribution is 0.253. The Hall–Kier alpha value is -1.51. The van der Waals surface area contributed by atoms with Crippen LogP contribution in [0, 0.1) is 0 Å². The second-order valence-corrected chi connectivity index (χ2v) is 4.22. The molecule has 1 aliphatic heterocycles. The van der Waals surface area contributed by atoms with Gasteiger partial charge in [0.1, 0.15) is 0 Å². The number of hydrogen-bond donors (Lipinski definition) is 0. The van der Waals surface area contributed by atoms with Crippen molar-refractivity contribution in [1.29, 1.82) is 0 Å². The maximum atomic E-state index is 10.1. The molecule has 4 heteroatoms. The highest BCUT2D eigenvalue weighted by Crippen LogP contribution is 2.26. The Morgan fingerprint density at radius 3 is 2.75 bits per heavy atom. The van der Waals surface area contributed by atoms with Crippen molar-refractivity contribution in [3.05, 3.63) is 24.0 Å². The van der Waals surface area contributed by atoms with Crippen LogP contribution in [-0.4, -0.2) is 36.1 Å². The summed E-state index contributed by atoms with van der Waals surface area (Å²) in [6.45, 7) is 2.25. The minimum Gasteiger partial charge on any atom is -0.306 e. The quantitative estimate of drug-likeness (QED) is 0.561. The van der Waals surface area contributed by atoms with E-state index < -0.39 is 0 Å². The van der Waals surface area contributed by atoms with Gasteiger partial charge in [0.25, 0.3) is 0 Å². The highest BCUT2D eigenvalue weighted by Gasteiger charge is 2.18. The Kier molecular flexibility index (Phi) is 3.44. The van der Waals surface area contributed by atoms with Gasteiger partial charge in [-0.15, -0.1) is 0 Å². The molecule has 0 aromatic carbocycles. The molecule has 0 aliphatic carbocycles. The molecule has 0 bridgehead atoms. The van der Waals surface area contributed by atoms with Crippen molar-refractivity contribution in [2.45, 2.75) is 18.8 Å². The molecule has 0 saturated carbocycles. The van der Waals surface area contributed by atoms with E-state index in [0.717, 1.165) is 31.6 Å². The SMILES string of the molecule is CN1CCC(c2ccc(N=C=O)cn2)CC1. The van der Waals surface area contributed by atoms with Gasteiger partial charge in [0, 0.05) is 11.6 Å². The molecule has 1 aromatic heterocycles. The van der Waals surface area contributed by atoms with E-state index in [1.807, 2.05) is 12.1 Å². The average molecular weight is 217 g/mol. The summed E-state index contributed by atoms with van der Waals surface area (Å²) in [5.41, 5.74) is 1.68. The smallest absolute Gasteiger partial charge is 0.240 e. The lowest BCUT2D eigenvalue weighted by atomic mass is 9.93. The third-order valence-corrected chi connectivity index (χ3v) is 3.08. The van der Waals surface area contributed by atoms with Gasteiger partial charge in [0.15, 0.2) is 0 Å². The van der Waals surface area contributed by atoms with Crippen LogP contribution in [0.15, 0.2) is 23.3 Å². The maximum absolute atomic E-state index is 10.1. The second-order valence-electron chi connectivity index (χ2n) is 4.22. The monoisotopic (exact) mass is 217 g/mol. The van der Waals surface area contributed by atoms with Crippen LogP contribution in [0.5, 0.6) is 0 Å². The van der Waals surface area contributed by atoms with E-state index in [1.165, 1.54) is 6.08 Å². The van der Waals surface area contributed by atoms with Crippen molar-refractivity contribution >= 4 is 11.8 Å². The molecule has 1 saturated heterocycles. The van der Waals surface area contributed by atoms with Crippen LogP contribution in [0.4, 0.5) is 5.69 Å². The van der Waals surface area contributed by atoms with Gasteiger partial charge in [-0.3, -0.25) is 4.98 Å². The summed E-state index contributed by atoms with van der Waals surface area (Å²) in [6.07, 6.45) is 5.46. The molecule has 0 atom stereocenters.